The first-order valence-electron chi connectivity index (χ1n) is 3.20. The molecule has 0 rings (SSSR count). The monoisotopic (exact) mass is 221 g/mol. The Bertz CT molecular complexity index is 118. The van der Waals surface area contributed by atoms with Crippen molar-refractivity contribution in [3.63, 3.8) is 0 Å². The van der Waals surface area contributed by atoms with Gasteiger partial charge in [-0.05, 0) is 27.1 Å². The van der Waals surface area contributed by atoms with Crippen molar-refractivity contribution in [3.05, 3.63) is 0 Å². The van der Waals surface area contributed by atoms with Crippen molar-refractivity contribution in [1.82, 2.24) is 4.90 Å². The Kier molecular flexibility index (Phi) is 14.3. The maximum absolute atomic E-state index is 8.88. The molecule has 0 amide bonds. The standard InChI is InChI=1S/C5H13N.ClH.H3O4P/c1-4-5-6(2)3;;1-5(2,3)4/h4-5H2,1-3H3;1H;(H3,1,2,3,4). The van der Waals surface area contributed by atoms with Crippen molar-refractivity contribution in [2.45, 2.75) is 13.3 Å². The molecule has 0 aliphatic carbocycles. The van der Waals surface area contributed by atoms with Crippen molar-refractivity contribution in [3.8, 4) is 0 Å². The molecule has 0 aliphatic heterocycles. The van der Waals surface area contributed by atoms with E-state index in [-0.39, 0.29) is 12.4 Å². The van der Waals surface area contributed by atoms with Crippen LogP contribution in [0.15, 0.2) is 0 Å². The van der Waals surface area contributed by atoms with Crippen LogP contribution in [0.5, 0.6) is 0 Å². The van der Waals surface area contributed by atoms with Gasteiger partial charge in [0, 0.05) is 0 Å². The maximum Gasteiger partial charge on any atom is 0.466 e. The third kappa shape index (κ3) is 80.4. The third-order valence-corrected chi connectivity index (χ3v) is 0.671. The van der Waals surface area contributed by atoms with Gasteiger partial charge in [-0.2, -0.15) is 0 Å². The van der Waals surface area contributed by atoms with Crippen LogP contribution in [0, 0.1) is 0 Å². The molecule has 78 valence electrons. The van der Waals surface area contributed by atoms with Crippen LogP contribution in [0.25, 0.3) is 0 Å². The molecular weight excluding hydrogens is 204 g/mol. The summed E-state index contributed by atoms with van der Waals surface area (Å²) in [6, 6.07) is 0. The highest BCUT2D eigenvalue weighted by atomic mass is 35.5. The van der Waals surface area contributed by atoms with E-state index in [1.54, 1.807) is 0 Å². The Labute approximate surface area is 79.1 Å². The van der Waals surface area contributed by atoms with E-state index < -0.39 is 7.82 Å². The van der Waals surface area contributed by atoms with Crippen LogP contribution in [-0.4, -0.2) is 40.2 Å². The maximum atomic E-state index is 8.88. The lowest BCUT2D eigenvalue weighted by Crippen LogP contribution is -2.11. The zero-order valence-corrected chi connectivity index (χ0v) is 9.18. The van der Waals surface area contributed by atoms with E-state index in [9.17, 15) is 0 Å². The average Bonchev–Trinajstić information content (AvgIpc) is 1.58. The number of nitrogens with zero attached hydrogens (tertiary/aromatic N) is 1. The van der Waals surface area contributed by atoms with E-state index in [0.717, 1.165) is 0 Å². The molecule has 0 aliphatic rings. The van der Waals surface area contributed by atoms with Gasteiger partial charge in [-0.3, -0.25) is 0 Å². The molecule has 0 saturated heterocycles. The summed E-state index contributed by atoms with van der Waals surface area (Å²) in [7, 11) is -0.465. The lowest BCUT2D eigenvalue weighted by molar-refractivity contribution is 0.275. The van der Waals surface area contributed by atoms with Gasteiger partial charge >= 0.3 is 7.82 Å². The highest BCUT2D eigenvalue weighted by Crippen LogP contribution is 2.25. The van der Waals surface area contributed by atoms with Crippen LogP contribution in [-0.2, 0) is 4.57 Å². The van der Waals surface area contributed by atoms with Crippen molar-refractivity contribution in [1.29, 1.82) is 0 Å². The van der Waals surface area contributed by atoms with Gasteiger partial charge < -0.3 is 19.6 Å². The Hall–Kier alpha value is 0.360. The van der Waals surface area contributed by atoms with Crippen LogP contribution in [0.1, 0.15) is 13.3 Å². The highest BCUT2D eigenvalue weighted by Gasteiger charge is 2.00. The van der Waals surface area contributed by atoms with Crippen molar-refractivity contribution < 1.29 is 19.2 Å². The normalized spacial score (nSPS) is 9.92. The number of hydrogen-bond donors (Lipinski definition) is 3. The van der Waals surface area contributed by atoms with E-state index in [1.807, 2.05) is 0 Å². The molecule has 3 N–H and O–H groups in total. The third-order valence-electron chi connectivity index (χ3n) is 0.671. The van der Waals surface area contributed by atoms with Crippen molar-refractivity contribution in [2.75, 3.05) is 20.6 Å². The molecule has 0 bridgehead atoms. The lowest BCUT2D eigenvalue weighted by atomic mass is 10.5. The second kappa shape index (κ2) is 9.45. The van der Waals surface area contributed by atoms with Gasteiger partial charge in [0.1, 0.15) is 0 Å². The Morgan fingerprint density at radius 1 is 1.25 bits per heavy atom. The van der Waals surface area contributed by atoms with E-state index >= 15 is 0 Å². The zero-order valence-electron chi connectivity index (χ0n) is 7.47. The molecule has 5 nitrogen and oxygen atoms in total. The van der Waals surface area contributed by atoms with Crippen LogP contribution in [0.4, 0.5) is 0 Å². The molecule has 0 atom stereocenters. The summed E-state index contributed by atoms with van der Waals surface area (Å²) in [6.07, 6.45) is 1.26. The van der Waals surface area contributed by atoms with Gasteiger partial charge in [0.15, 0.2) is 0 Å². The zero-order chi connectivity index (χ0) is 9.49. The fraction of sp³-hybridized carbons (Fsp3) is 1.00. The molecule has 7 heteroatoms. The SMILES string of the molecule is CCCN(C)C.Cl.O=P(O)(O)O. The summed E-state index contributed by atoms with van der Waals surface area (Å²) in [4.78, 5) is 23.7. The van der Waals surface area contributed by atoms with Gasteiger partial charge in [0.25, 0.3) is 0 Å². The summed E-state index contributed by atoms with van der Waals surface area (Å²) in [5.74, 6) is 0. The van der Waals surface area contributed by atoms with Gasteiger partial charge in [0.2, 0.25) is 0 Å². The molecule has 0 fully saturated rings. The first kappa shape index (κ1) is 18.2. The molecular formula is C5H17ClNO4P. The second-order valence-electron chi connectivity index (χ2n) is 2.32. The molecule has 0 unspecified atom stereocenters. The largest absolute Gasteiger partial charge is 0.466 e. The fourth-order valence-electron chi connectivity index (χ4n) is 0.447. The van der Waals surface area contributed by atoms with Crippen molar-refractivity contribution in [2.24, 2.45) is 0 Å². The molecule has 0 aromatic carbocycles. The first-order valence-corrected chi connectivity index (χ1v) is 4.77. The van der Waals surface area contributed by atoms with E-state index in [4.69, 9.17) is 19.2 Å². The van der Waals surface area contributed by atoms with Crippen LogP contribution in [0.3, 0.4) is 0 Å². The molecule has 0 aromatic rings. The highest BCUT2D eigenvalue weighted by molar-refractivity contribution is 7.45. The van der Waals surface area contributed by atoms with Gasteiger partial charge in [-0.1, -0.05) is 6.92 Å². The summed E-state index contributed by atoms with van der Waals surface area (Å²) < 4.78 is 8.88. The molecule has 0 heterocycles. The molecule has 0 aromatic heterocycles. The van der Waals surface area contributed by atoms with Gasteiger partial charge in [0.05, 0.1) is 0 Å². The minimum absolute atomic E-state index is 0. The second-order valence-corrected chi connectivity index (χ2v) is 3.34. The van der Waals surface area contributed by atoms with Crippen molar-refractivity contribution >= 4 is 20.2 Å². The smallest absolute Gasteiger partial charge is 0.309 e. The van der Waals surface area contributed by atoms with Crippen LogP contribution < -0.4 is 0 Å². The molecule has 12 heavy (non-hydrogen) atoms. The quantitative estimate of drug-likeness (QED) is 0.590. The predicted molar refractivity (Wildman–Crippen MR) is 50.4 cm³/mol. The van der Waals surface area contributed by atoms with Gasteiger partial charge in [-0.25, -0.2) is 4.57 Å². The summed E-state index contributed by atoms with van der Waals surface area (Å²) in [5, 5.41) is 0. The van der Waals surface area contributed by atoms with E-state index in [0.29, 0.717) is 0 Å². The summed E-state index contributed by atoms with van der Waals surface area (Å²) in [6.45, 7) is 3.39. The Morgan fingerprint density at radius 3 is 1.50 bits per heavy atom. The minimum Gasteiger partial charge on any atom is -0.309 e. The average molecular weight is 222 g/mol. The topological polar surface area (TPSA) is 81.0 Å². The van der Waals surface area contributed by atoms with Crippen LogP contribution >= 0.6 is 20.2 Å². The first-order chi connectivity index (χ1) is 4.77. The Balaban J connectivity index is -0.000000126. The van der Waals surface area contributed by atoms with E-state index in [2.05, 4.69) is 25.9 Å². The van der Waals surface area contributed by atoms with Gasteiger partial charge in [-0.15, -0.1) is 12.4 Å². The number of rotatable bonds is 2. The fourth-order valence-corrected chi connectivity index (χ4v) is 0.447. The van der Waals surface area contributed by atoms with Crippen LogP contribution in [0.2, 0.25) is 0 Å². The minimum atomic E-state index is -4.64. The molecule has 0 saturated carbocycles. The number of halogens is 1. The molecule has 0 spiro atoms. The summed E-state index contributed by atoms with van der Waals surface area (Å²) >= 11 is 0. The number of phosphoric acid groups is 1. The summed E-state index contributed by atoms with van der Waals surface area (Å²) in [5.41, 5.74) is 0. The molecule has 0 radical (unpaired) electrons. The van der Waals surface area contributed by atoms with E-state index in [1.165, 1.54) is 13.0 Å². The predicted octanol–water partition coefficient (Wildman–Crippen LogP) is 0.451. The Morgan fingerprint density at radius 2 is 1.50 bits per heavy atom. The number of hydrogen-bond acceptors (Lipinski definition) is 2. The lowest BCUT2D eigenvalue weighted by Gasteiger charge is -2.03.